The van der Waals surface area contributed by atoms with Gasteiger partial charge in [-0.25, -0.2) is 4.98 Å². The highest BCUT2D eigenvalue weighted by atomic mass is 19.4. The Morgan fingerprint density at radius 1 is 0.862 bits per heavy atom. The van der Waals surface area contributed by atoms with E-state index in [4.69, 9.17) is 0 Å². The molecule has 0 unspecified atom stereocenters. The predicted octanol–water partition coefficient (Wildman–Crippen LogP) is 6.24. The molecule has 0 bridgehead atoms. The van der Waals surface area contributed by atoms with E-state index in [2.05, 4.69) is 20.0 Å². The smallest absolute Gasteiger partial charge is 0.406 e. The summed E-state index contributed by atoms with van der Waals surface area (Å²) in [6.07, 6.45) is -15.1. The summed E-state index contributed by atoms with van der Waals surface area (Å²) in [4.78, 5) is 5.84. The molecule has 156 valence electrons. The van der Waals surface area contributed by atoms with Crippen molar-refractivity contribution in [2.24, 2.45) is 0 Å². The van der Waals surface area contributed by atoms with Gasteiger partial charge < -0.3 is 15.0 Å². The fraction of sp³-hybridized carbons (Fsp3) is 0.188. The van der Waals surface area contributed by atoms with Crippen molar-refractivity contribution in [3.8, 4) is 5.75 Å². The van der Waals surface area contributed by atoms with Crippen LogP contribution in [0.1, 0.15) is 11.1 Å². The van der Waals surface area contributed by atoms with Gasteiger partial charge in [-0.05, 0) is 24.3 Å². The molecule has 1 heterocycles. The quantitative estimate of drug-likeness (QED) is 0.485. The van der Waals surface area contributed by atoms with Gasteiger partial charge in [0, 0.05) is 11.8 Å². The summed E-state index contributed by atoms with van der Waals surface area (Å²) < 4.78 is 119. The predicted molar refractivity (Wildman–Crippen MR) is 82.5 cm³/mol. The molecule has 1 aromatic heterocycles. The van der Waals surface area contributed by atoms with Crippen LogP contribution in [0.25, 0.3) is 11.0 Å². The Morgan fingerprint density at radius 2 is 1.55 bits per heavy atom. The Kier molecular flexibility index (Phi) is 4.79. The lowest BCUT2D eigenvalue weighted by atomic mass is 10.1. The zero-order chi connectivity index (χ0) is 21.6. The third kappa shape index (κ3) is 4.84. The number of aromatic nitrogens is 2. The molecule has 0 saturated carbocycles. The third-order valence-electron chi connectivity index (χ3n) is 3.55. The van der Waals surface area contributed by atoms with Crippen molar-refractivity contribution >= 4 is 22.7 Å². The number of H-pyrrole nitrogens is 1. The topological polar surface area (TPSA) is 49.9 Å². The maximum atomic E-state index is 13.2. The maximum Gasteiger partial charge on any atom is 0.573 e. The van der Waals surface area contributed by atoms with E-state index < -0.39 is 52.6 Å². The van der Waals surface area contributed by atoms with Crippen LogP contribution in [0.4, 0.5) is 51.1 Å². The van der Waals surface area contributed by atoms with E-state index in [1.807, 2.05) is 0 Å². The lowest BCUT2D eigenvalue weighted by molar-refractivity contribution is -0.274. The number of hydrogen-bond donors (Lipinski definition) is 2. The number of anilines is 2. The van der Waals surface area contributed by atoms with Gasteiger partial charge in [0.25, 0.3) is 0 Å². The van der Waals surface area contributed by atoms with E-state index in [0.717, 1.165) is 18.2 Å². The molecule has 2 N–H and O–H groups in total. The minimum absolute atomic E-state index is 0.0598. The highest BCUT2D eigenvalue weighted by molar-refractivity contribution is 5.83. The average Bonchev–Trinajstić information content (AvgIpc) is 2.92. The van der Waals surface area contributed by atoms with E-state index in [-0.39, 0.29) is 11.8 Å². The first kappa shape index (κ1) is 20.6. The lowest BCUT2D eigenvalue weighted by Crippen LogP contribution is -2.17. The molecule has 0 atom stereocenters. The molecule has 3 aromatic rings. The van der Waals surface area contributed by atoms with E-state index >= 15 is 0 Å². The molecule has 0 fully saturated rings. The Hall–Kier alpha value is -3.12. The number of benzene rings is 2. The molecular weight excluding hydrogens is 421 g/mol. The number of rotatable bonds is 3. The number of fused-ring (bicyclic) bond motifs is 1. The number of hydrogen-bond acceptors (Lipinski definition) is 3. The lowest BCUT2D eigenvalue weighted by Gasteiger charge is -2.11. The summed E-state index contributed by atoms with van der Waals surface area (Å²) in [6, 6.07) is 4.66. The molecular formula is C16H8F9N3O. The number of ether oxygens (including phenoxy) is 1. The van der Waals surface area contributed by atoms with Crippen molar-refractivity contribution in [1.82, 2.24) is 9.97 Å². The van der Waals surface area contributed by atoms with Crippen molar-refractivity contribution in [3.05, 3.63) is 47.5 Å². The van der Waals surface area contributed by atoms with Crippen LogP contribution < -0.4 is 10.1 Å². The monoisotopic (exact) mass is 429 g/mol. The first-order chi connectivity index (χ1) is 13.2. The van der Waals surface area contributed by atoms with Crippen LogP contribution in [-0.2, 0) is 12.4 Å². The van der Waals surface area contributed by atoms with Crippen LogP contribution in [0.5, 0.6) is 5.75 Å². The second kappa shape index (κ2) is 6.74. The summed E-state index contributed by atoms with van der Waals surface area (Å²) in [5.41, 5.74) is -4.54. The van der Waals surface area contributed by atoms with Crippen molar-refractivity contribution < 1.29 is 44.3 Å². The van der Waals surface area contributed by atoms with Crippen molar-refractivity contribution in [2.45, 2.75) is 18.7 Å². The van der Waals surface area contributed by atoms with Crippen LogP contribution in [0, 0.1) is 0 Å². The molecule has 0 aliphatic heterocycles. The number of alkyl halides is 9. The van der Waals surface area contributed by atoms with Gasteiger partial charge in [-0.3, -0.25) is 0 Å². The fourth-order valence-electron chi connectivity index (χ4n) is 2.46. The molecule has 3 rings (SSSR count). The Labute approximate surface area is 155 Å². The number of nitrogens with one attached hydrogen (secondary N) is 2. The third-order valence-corrected chi connectivity index (χ3v) is 3.55. The number of nitrogens with zero attached hydrogens (tertiary/aromatic N) is 1. The summed E-state index contributed by atoms with van der Waals surface area (Å²) >= 11 is 0. The highest BCUT2D eigenvalue weighted by Gasteiger charge is 2.39. The number of imidazole rings is 1. The van der Waals surface area contributed by atoms with Gasteiger partial charge in [-0.2, -0.15) is 26.3 Å². The van der Waals surface area contributed by atoms with Crippen LogP contribution >= 0.6 is 0 Å². The molecule has 0 saturated heterocycles. The highest BCUT2D eigenvalue weighted by Crippen LogP contribution is 2.40. The molecule has 2 aromatic carbocycles. The van der Waals surface area contributed by atoms with Gasteiger partial charge in [0.15, 0.2) is 0 Å². The average molecular weight is 429 g/mol. The molecule has 0 aliphatic carbocycles. The number of halogens is 9. The van der Waals surface area contributed by atoms with Gasteiger partial charge in [-0.15, -0.1) is 13.2 Å². The normalized spacial score (nSPS) is 13.0. The summed E-state index contributed by atoms with van der Waals surface area (Å²) in [5, 5.41) is 2.39. The van der Waals surface area contributed by atoms with Crippen LogP contribution in [0.2, 0.25) is 0 Å². The molecule has 0 radical (unpaired) electrons. The molecule has 29 heavy (non-hydrogen) atoms. The van der Waals surface area contributed by atoms with Crippen molar-refractivity contribution in [3.63, 3.8) is 0 Å². The van der Waals surface area contributed by atoms with Gasteiger partial charge in [0.2, 0.25) is 5.95 Å². The van der Waals surface area contributed by atoms with Gasteiger partial charge >= 0.3 is 18.7 Å². The molecule has 13 heteroatoms. The molecule has 4 nitrogen and oxygen atoms in total. The van der Waals surface area contributed by atoms with Gasteiger partial charge in [0.05, 0.1) is 16.6 Å². The summed E-state index contributed by atoms with van der Waals surface area (Å²) in [6.45, 7) is 0. The number of aromatic amines is 1. The van der Waals surface area contributed by atoms with Gasteiger partial charge in [0.1, 0.15) is 11.3 Å². The zero-order valence-corrected chi connectivity index (χ0v) is 13.7. The van der Waals surface area contributed by atoms with Crippen LogP contribution in [-0.4, -0.2) is 16.3 Å². The maximum absolute atomic E-state index is 13.2. The molecule has 0 spiro atoms. The van der Waals surface area contributed by atoms with E-state index in [0.29, 0.717) is 6.07 Å². The first-order valence-electron chi connectivity index (χ1n) is 7.53. The van der Waals surface area contributed by atoms with Gasteiger partial charge in [-0.1, -0.05) is 6.07 Å². The minimum Gasteiger partial charge on any atom is -0.406 e. The SMILES string of the molecule is FC(F)(F)Oc1cccc(Nc2nc3c(C(F)(F)F)cc(C(F)(F)F)cc3[nH]2)c1. The minimum atomic E-state index is -5.12. The first-order valence-corrected chi connectivity index (χ1v) is 7.53. The van der Waals surface area contributed by atoms with Crippen LogP contribution in [0.15, 0.2) is 36.4 Å². The second-order valence-electron chi connectivity index (χ2n) is 5.70. The zero-order valence-electron chi connectivity index (χ0n) is 13.7. The standard InChI is InChI=1S/C16H8F9N3O/c17-14(18,19)7-4-10(15(20,21)22)12-11(5-7)27-13(28-12)26-8-2-1-3-9(6-8)29-16(23,24)25/h1-6H,(H2,26,27,28). The van der Waals surface area contributed by atoms with Crippen molar-refractivity contribution in [1.29, 1.82) is 0 Å². The summed E-state index contributed by atoms with van der Waals surface area (Å²) in [5.74, 6) is -1.03. The molecule has 0 aliphatic rings. The Bertz CT molecular complexity index is 1030. The molecule has 0 amide bonds. The van der Waals surface area contributed by atoms with E-state index in [9.17, 15) is 39.5 Å². The van der Waals surface area contributed by atoms with Crippen LogP contribution in [0.3, 0.4) is 0 Å². The summed E-state index contributed by atoms with van der Waals surface area (Å²) in [7, 11) is 0. The second-order valence-corrected chi connectivity index (χ2v) is 5.70. The van der Waals surface area contributed by atoms with E-state index in [1.54, 1.807) is 0 Å². The van der Waals surface area contributed by atoms with Crippen molar-refractivity contribution in [2.75, 3.05) is 5.32 Å². The Morgan fingerprint density at radius 3 is 2.14 bits per heavy atom. The fourth-order valence-corrected chi connectivity index (χ4v) is 2.46. The van der Waals surface area contributed by atoms with E-state index in [1.165, 1.54) is 6.07 Å². The largest absolute Gasteiger partial charge is 0.573 e. The Balaban J connectivity index is 2.01.